The van der Waals surface area contributed by atoms with Crippen LogP contribution < -0.4 is 20.1 Å². The molecule has 12 heteroatoms. The summed E-state index contributed by atoms with van der Waals surface area (Å²) in [5, 5.41) is 8.04. The number of aromatic nitrogens is 2. The maximum atomic E-state index is 12.1. The monoisotopic (exact) mass is 490 g/mol. The predicted octanol–water partition coefficient (Wildman–Crippen LogP) is 3.47. The summed E-state index contributed by atoms with van der Waals surface area (Å²) in [5.74, 6) is -0.380. The van der Waals surface area contributed by atoms with Gasteiger partial charge in [0.2, 0.25) is 0 Å². The summed E-state index contributed by atoms with van der Waals surface area (Å²) < 4.78 is 15.9. The standard InChI is InChI=1S/C21H22N4O6S2/c1-3-29-15-6-5-13(9-16(15)30-4-2)24-21(28)25-17(26)10-31-18(27)11-33-20-14-7-8-32-19(14)22-12-23-20/h5-9,12H,3-4,10-11H2,1-2H3,(H2,24,25,26,28). The first-order valence-electron chi connectivity index (χ1n) is 9.97. The highest BCUT2D eigenvalue weighted by Gasteiger charge is 2.14. The molecule has 3 aromatic rings. The second-order valence-electron chi connectivity index (χ2n) is 6.30. The van der Waals surface area contributed by atoms with Crippen molar-refractivity contribution in [2.24, 2.45) is 0 Å². The molecule has 0 bridgehead atoms. The van der Waals surface area contributed by atoms with Gasteiger partial charge in [0, 0.05) is 17.1 Å². The smallest absolute Gasteiger partial charge is 0.325 e. The molecule has 0 saturated heterocycles. The number of nitrogens with one attached hydrogen (secondary N) is 2. The van der Waals surface area contributed by atoms with Crippen LogP contribution in [0, 0.1) is 0 Å². The van der Waals surface area contributed by atoms with E-state index in [0.717, 1.165) is 10.2 Å². The van der Waals surface area contributed by atoms with Crippen LogP contribution in [-0.2, 0) is 14.3 Å². The first-order valence-corrected chi connectivity index (χ1v) is 11.8. The second-order valence-corrected chi connectivity index (χ2v) is 8.16. The van der Waals surface area contributed by atoms with Crippen LogP contribution in [0.2, 0.25) is 0 Å². The molecule has 2 heterocycles. The average Bonchev–Trinajstić information content (AvgIpc) is 3.28. The number of anilines is 1. The molecule has 0 saturated carbocycles. The van der Waals surface area contributed by atoms with Crippen molar-refractivity contribution in [3.63, 3.8) is 0 Å². The predicted molar refractivity (Wildman–Crippen MR) is 125 cm³/mol. The molecule has 2 aromatic heterocycles. The summed E-state index contributed by atoms with van der Waals surface area (Å²) in [6, 6.07) is 5.98. The Morgan fingerprint density at radius 2 is 1.85 bits per heavy atom. The Kier molecular flexibility index (Phi) is 8.84. The quantitative estimate of drug-likeness (QED) is 0.249. The number of carbonyl (C=O) groups excluding carboxylic acids is 3. The zero-order valence-electron chi connectivity index (χ0n) is 18.0. The molecule has 33 heavy (non-hydrogen) atoms. The third-order valence-electron chi connectivity index (χ3n) is 3.97. The zero-order chi connectivity index (χ0) is 23.6. The fourth-order valence-electron chi connectivity index (χ4n) is 2.65. The molecule has 3 rings (SSSR count). The number of imide groups is 1. The van der Waals surface area contributed by atoms with Crippen molar-refractivity contribution < 1.29 is 28.6 Å². The van der Waals surface area contributed by atoms with E-state index in [1.807, 2.05) is 25.3 Å². The largest absolute Gasteiger partial charge is 0.490 e. The summed E-state index contributed by atoms with van der Waals surface area (Å²) in [7, 11) is 0. The van der Waals surface area contributed by atoms with E-state index >= 15 is 0 Å². The number of esters is 1. The fraction of sp³-hybridized carbons (Fsp3) is 0.286. The minimum Gasteiger partial charge on any atom is -0.490 e. The molecule has 174 valence electrons. The van der Waals surface area contributed by atoms with Crippen LogP contribution in [0.5, 0.6) is 11.5 Å². The van der Waals surface area contributed by atoms with E-state index in [4.69, 9.17) is 14.2 Å². The van der Waals surface area contributed by atoms with Crippen LogP contribution >= 0.6 is 23.1 Å². The summed E-state index contributed by atoms with van der Waals surface area (Å²) in [5.41, 5.74) is 0.408. The summed E-state index contributed by atoms with van der Waals surface area (Å²) >= 11 is 2.66. The van der Waals surface area contributed by atoms with Crippen molar-refractivity contribution in [3.05, 3.63) is 36.0 Å². The lowest BCUT2D eigenvalue weighted by Gasteiger charge is -2.13. The molecule has 3 amide bonds. The molecule has 0 aliphatic carbocycles. The molecule has 0 atom stereocenters. The van der Waals surface area contributed by atoms with Gasteiger partial charge in [-0.3, -0.25) is 14.9 Å². The number of rotatable bonds is 10. The number of urea groups is 1. The number of hydrogen-bond donors (Lipinski definition) is 2. The van der Waals surface area contributed by atoms with E-state index in [9.17, 15) is 14.4 Å². The van der Waals surface area contributed by atoms with Gasteiger partial charge >= 0.3 is 12.0 Å². The van der Waals surface area contributed by atoms with Crippen LogP contribution in [0.25, 0.3) is 10.2 Å². The van der Waals surface area contributed by atoms with Gasteiger partial charge < -0.3 is 19.5 Å². The first kappa shape index (κ1) is 24.3. The van der Waals surface area contributed by atoms with Crippen LogP contribution in [0.4, 0.5) is 10.5 Å². The Labute approximate surface area is 198 Å². The van der Waals surface area contributed by atoms with Crippen molar-refractivity contribution in [1.29, 1.82) is 0 Å². The van der Waals surface area contributed by atoms with Gasteiger partial charge in [-0.25, -0.2) is 14.8 Å². The van der Waals surface area contributed by atoms with E-state index in [1.165, 1.54) is 29.4 Å². The Morgan fingerprint density at radius 1 is 1.06 bits per heavy atom. The van der Waals surface area contributed by atoms with Gasteiger partial charge in [-0.05, 0) is 37.4 Å². The third-order valence-corrected chi connectivity index (χ3v) is 5.77. The number of amides is 3. The van der Waals surface area contributed by atoms with E-state index in [2.05, 4.69) is 20.6 Å². The SMILES string of the molecule is CCOc1ccc(NC(=O)NC(=O)COC(=O)CSc2ncnc3sccc23)cc1OCC. The number of thiophene rings is 1. The van der Waals surface area contributed by atoms with Crippen LogP contribution in [0.1, 0.15) is 13.8 Å². The van der Waals surface area contributed by atoms with Gasteiger partial charge in [0.15, 0.2) is 18.1 Å². The first-order chi connectivity index (χ1) is 16.0. The Bertz CT molecular complexity index is 1140. The van der Waals surface area contributed by atoms with Gasteiger partial charge in [-0.2, -0.15) is 0 Å². The minimum atomic E-state index is -0.766. The molecule has 2 N–H and O–H groups in total. The number of thioether (sulfide) groups is 1. The molecule has 10 nitrogen and oxygen atoms in total. The molecule has 0 fully saturated rings. The van der Waals surface area contributed by atoms with Gasteiger partial charge in [-0.1, -0.05) is 11.8 Å². The molecule has 0 unspecified atom stereocenters. The van der Waals surface area contributed by atoms with Gasteiger partial charge in [0.25, 0.3) is 5.91 Å². The molecule has 0 aliphatic rings. The Hall–Kier alpha value is -3.38. The molecule has 1 aromatic carbocycles. The number of ether oxygens (including phenoxy) is 3. The number of benzene rings is 1. The lowest BCUT2D eigenvalue weighted by molar-refractivity contribution is -0.145. The highest BCUT2D eigenvalue weighted by Crippen LogP contribution is 2.30. The fourth-order valence-corrected chi connectivity index (χ4v) is 4.23. The van der Waals surface area contributed by atoms with Gasteiger partial charge in [-0.15, -0.1) is 11.3 Å². The molecule has 0 spiro atoms. The summed E-state index contributed by atoms with van der Waals surface area (Å²) in [6.07, 6.45) is 1.43. The number of hydrogen-bond acceptors (Lipinski definition) is 10. The van der Waals surface area contributed by atoms with Crippen molar-refractivity contribution in [2.75, 3.05) is 30.9 Å². The van der Waals surface area contributed by atoms with Crippen molar-refractivity contribution in [2.45, 2.75) is 18.9 Å². The van der Waals surface area contributed by atoms with Crippen LogP contribution in [0.3, 0.4) is 0 Å². The lowest BCUT2D eigenvalue weighted by atomic mass is 10.2. The maximum absolute atomic E-state index is 12.1. The third kappa shape index (κ3) is 7.05. The van der Waals surface area contributed by atoms with Gasteiger partial charge in [0.1, 0.15) is 16.2 Å². The molecular weight excluding hydrogens is 468 g/mol. The molecular formula is C21H22N4O6S2. The van der Waals surface area contributed by atoms with Crippen molar-refractivity contribution in [3.8, 4) is 11.5 Å². The number of nitrogens with zero attached hydrogens (tertiary/aromatic N) is 2. The van der Waals surface area contributed by atoms with Crippen LogP contribution in [0.15, 0.2) is 41.0 Å². The highest BCUT2D eigenvalue weighted by atomic mass is 32.2. The lowest BCUT2D eigenvalue weighted by Crippen LogP contribution is -2.37. The number of carbonyl (C=O) groups is 3. The zero-order valence-corrected chi connectivity index (χ0v) is 19.6. The average molecular weight is 491 g/mol. The van der Waals surface area contributed by atoms with Crippen molar-refractivity contribution in [1.82, 2.24) is 15.3 Å². The normalized spacial score (nSPS) is 10.5. The Morgan fingerprint density at radius 3 is 2.64 bits per heavy atom. The summed E-state index contributed by atoms with van der Waals surface area (Å²) in [6.45, 7) is 3.99. The van der Waals surface area contributed by atoms with Crippen molar-refractivity contribution >= 4 is 56.9 Å². The summed E-state index contributed by atoms with van der Waals surface area (Å²) in [4.78, 5) is 45.1. The number of fused-ring (bicyclic) bond motifs is 1. The van der Waals surface area contributed by atoms with E-state index in [-0.39, 0.29) is 5.75 Å². The Balaban J connectivity index is 1.43. The van der Waals surface area contributed by atoms with Crippen LogP contribution in [-0.4, -0.2) is 53.4 Å². The van der Waals surface area contributed by atoms with E-state index < -0.39 is 24.5 Å². The molecule has 0 aliphatic heterocycles. The maximum Gasteiger partial charge on any atom is 0.325 e. The highest BCUT2D eigenvalue weighted by molar-refractivity contribution is 8.00. The molecule has 0 radical (unpaired) electrons. The van der Waals surface area contributed by atoms with Gasteiger partial charge in [0.05, 0.1) is 19.0 Å². The minimum absolute atomic E-state index is 0.0339. The topological polar surface area (TPSA) is 129 Å². The van der Waals surface area contributed by atoms with E-state index in [0.29, 0.717) is 35.4 Å². The second kappa shape index (κ2) is 12.0. The van der Waals surface area contributed by atoms with E-state index in [1.54, 1.807) is 18.2 Å².